The molecule has 0 aliphatic carbocycles. The Morgan fingerprint density at radius 3 is 2.65 bits per heavy atom. The van der Waals surface area contributed by atoms with Crippen LogP contribution in [0.3, 0.4) is 0 Å². The first kappa shape index (κ1) is 13.7. The predicted molar refractivity (Wildman–Crippen MR) is 64.1 cm³/mol. The van der Waals surface area contributed by atoms with Crippen LogP contribution in [-0.2, 0) is 17.1 Å². The molecule has 0 aliphatic heterocycles. The minimum Gasteiger partial charge on any atom is -0.386 e. The van der Waals surface area contributed by atoms with Gasteiger partial charge in [-0.15, -0.1) is 0 Å². The fourth-order valence-corrected chi connectivity index (χ4v) is 2.64. The largest absolute Gasteiger partial charge is 0.386 e. The summed E-state index contributed by atoms with van der Waals surface area (Å²) in [6, 6.07) is 0. The van der Waals surface area contributed by atoms with E-state index in [-0.39, 0.29) is 10.9 Å². The average Bonchev–Trinajstić information content (AvgIpc) is 2.64. The molecule has 0 radical (unpaired) electrons. The Bertz CT molecular complexity index is 521. The van der Waals surface area contributed by atoms with E-state index in [1.807, 2.05) is 0 Å². The van der Waals surface area contributed by atoms with E-state index in [1.54, 1.807) is 20.9 Å². The average molecular weight is 259 g/mol. The fraction of sp³-hybridized carbons (Fsp3) is 0.556. The van der Waals surface area contributed by atoms with E-state index in [4.69, 9.17) is 11.1 Å². The lowest BCUT2D eigenvalue weighted by Crippen LogP contribution is -2.54. The molecular formula is C9H17N5O2S. The van der Waals surface area contributed by atoms with Gasteiger partial charge in [0.05, 0.1) is 11.9 Å². The third-order valence-corrected chi connectivity index (χ3v) is 4.10. The van der Waals surface area contributed by atoms with Crippen molar-refractivity contribution in [3.63, 3.8) is 0 Å². The van der Waals surface area contributed by atoms with Gasteiger partial charge in [-0.3, -0.25) is 5.41 Å². The van der Waals surface area contributed by atoms with Crippen LogP contribution in [0.25, 0.3) is 0 Å². The molecule has 1 aromatic rings. The van der Waals surface area contributed by atoms with Crippen molar-refractivity contribution in [3.8, 4) is 0 Å². The number of sulfonamides is 1. The van der Waals surface area contributed by atoms with Crippen molar-refractivity contribution in [2.45, 2.75) is 30.8 Å². The molecule has 17 heavy (non-hydrogen) atoms. The Morgan fingerprint density at radius 2 is 2.29 bits per heavy atom. The van der Waals surface area contributed by atoms with Gasteiger partial charge in [0.15, 0.2) is 5.03 Å². The Labute approximate surface area is 101 Å². The van der Waals surface area contributed by atoms with E-state index >= 15 is 0 Å². The van der Waals surface area contributed by atoms with Gasteiger partial charge in [-0.2, -0.15) is 4.72 Å². The maximum absolute atomic E-state index is 12.0. The molecule has 1 heterocycles. The summed E-state index contributed by atoms with van der Waals surface area (Å²) in [7, 11) is -2.08. The second kappa shape index (κ2) is 4.46. The van der Waals surface area contributed by atoms with Gasteiger partial charge in [-0.25, -0.2) is 13.4 Å². The van der Waals surface area contributed by atoms with E-state index in [0.717, 1.165) is 0 Å². The van der Waals surface area contributed by atoms with Gasteiger partial charge >= 0.3 is 0 Å². The SMILES string of the molecule is CCC(C)(NS(=O)(=O)c1cn(C)cn1)C(=N)N. The summed E-state index contributed by atoms with van der Waals surface area (Å²) in [6.45, 7) is 3.32. The highest BCUT2D eigenvalue weighted by Gasteiger charge is 2.32. The molecule has 0 aliphatic rings. The summed E-state index contributed by atoms with van der Waals surface area (Å²) >= 11 is 0. The van der Waals surface area contributed by atoms with Gasteiger partial charge in [0, 0.05) is 13.2 Å². The van der Waals surface area contributed by atoms with Crippen LogP contribution < -0.4 is 10.5 Å². The van der Waals surface area contributed by atoms with Crippen molar-refractivity contribution in [2.75, 3.05) is 0 Å². The van der Waals surface area contributed by atoms with Gasteiger partial charge in [-0.05, 0) is 13.3 Å². The lowest BCUT2D eigenvalue weighted by Gasteiger charge is -2.27. The van der Waals surface area contributed by atoms with Crippen LogP contribution in [0.1, 0.15) is 20.3 Å². The highest BCUT2D eigenvalue weighted by atomic mass is 32.2. The first-order valence-electron chi connectivity index (χ1n) is 5.08. The molecular weight excluding hydrogens is 242 g/mol. The second-order valence-corrected chi connectivity index (χ2v) is 5.71. The number of rotatable bonds is 5. The van der Waals surface area contributed by atoms with Gasteiger partial charge in [-0.1, -0.05) is 6.92 Å². The Kier molecular flexibility index (Phi) is 3.58. The molecule has 0 aromatic carbocycles. The standard InChI is InChI=1S/C9H17N5O2S/c1-4-9(2,8(10)11)13-17(15,16)7-5-14(3)6-12-7/h5-6,13H,4H2,1-3H3,(H3,10,11). The zero-order chi connectivity index (χ0) is 13.3. The van der Waals surface area contributed by atoms with E-state index in [0.29, 0.717) is 6.42 Å². The topological polar surface area (TPSA) is 114 Å². The molecule has 4 N–H and O–H groups in total. The van der Waals surface area contributed by atoms with Crippen molar-refractivity contribution in [3.05, 3.63) is 12.5 Å². The number of aromatic nitrogens is 2. The maximum atomic E-state index is 12.0. The normalized spacial score (nSPS) is 15.5. The van der Waals surface area contributed by atoms with Crippen molar-refractivity contribution in [1.82, 2.24) is 14.3 Å². The quantitative estimate of drug-likeness (QED) is 0.502. The second-order valence-electron chi connectivity index (χ2n) is 4.08. The molecule has 1 atom stereocenters. The summed E-state index contributed by atoms with van der Waals surface area (Å²) in [5, 5.41) is 7.34. The molecule has 7 nitrogen and oxygen atoms in total. The summed E-state index contributed by atoms with van der Waals surface area (Å²) in [5.74, 6) is -0.223. The van der Waals surface area contributed by atoms with Crippen LogP contribution >= 0.6 is 0 Å². The minimum atomic E-state index is -3.76. The van der Waals surface area contributed by atoms with Crippen LogP contribution in [0.15, 0.2) is 17.6 Å². The molecule has 8 heteroatoms. The molecule has 0 bridgehead atoms. The molecule has 0 amide bonds. The molecule has 0 saturated carbocycles. The van der Waals surface area contributed by atoms with Crippen molar-refractivity contribution in [2.24, 2.45) is 12.8 Å². The number of imidazole rings is 1. The monoisotopic (exact) mass is 259 g/mol. The first-order valence-corrected chi connectivity index (χ1v) is 6.56. The van der Waals surface area contributed by atoms with E-state index < -0.39 is 15.6 Å². The van der Waals surface area contributed by atoms with Crippen molar-refractivity contribution in [1.29, 1.82) is 5.41 Å². The minimum absolute atomic E-state index is 0.0825. The summed E-state index contributed by atoms with van der Waals surface area (Å²) in [4.78, 5) is 3.77. The third-order valence-electron chi connectivity index (χ3n) is 2.62. The molecule has 1 aromatic heterocycles. The zero-order valence-electron chi connectivity index (χ0n) is 10.1. The summed E-state index contributed by atoms with van der Waals surface area (Å²) in [6.07, 6.45) is 3.17. The maximum Gasteiger partial charge on any atom is 0.260 e. The molecule has 0 spiro atoms. The van der Waals surface area contributed by atoms with Crippen molar-refractivity contribution < 1.29 is 8.42 Å². The first-order chi connectivity index (χ1) is 7.71. The fourth-order valence-electron chi connectivity index (χ4n) is 1.19. The number of hydrogen-bond donors (Lipinski definition) is 3. The van der Waals surface area contributed by atoms with E-state index in [9.17, 15) is 8.42 Å². The Morgan fingerprint density at radius 1 is 1.71 bits per heavy atom. The van der Waals surface area contributed by atoms with Gasteiger partial charge in [0.1, 0.15) is 5.84 Å². The van der Waals surface area contributed by atoms with Gasteiger partial charge < -0.3 is 10.3 Å². The third kappa shape index (κ3) is 2.83. The molecule has 1 rings (SSSR count). The summed E-state index contributed by atoms with van der Waals surface area (Å²) < 4.78 is 27.9. The zero-order valence-corrected chi connectivity index (χ0v) is 10.9. The summed E-state index contributed by atoms with van der Waals surface area (Å²) in [5.41, 5.74) is 4.32. The number of hydrogen-bond acceptors (Lipinski definition) is 4. The van der Waals surface area contributed by atoms with Crippen LogP contribution in [0.5, 0.6) is 0 Å². The molecule has 96 valence electrons. The highest BCUT2D eigenvalue weighted by molar-refractivity contribution is 7.89. The lowest BCUT2D eigenvalue weighted by atomic mass is 10.00. The number of nitrogens with one attached hydrogen (secondary N) is 2. The van der Waals surface area contributed by atoms with Crippen LogP contribution in [0.4, 0.5) is 0 Å². The number of nitrogens with two attached hydrogens (primary N) is 1. The lowest BCUT2D eigenvalue weighted by molar-refractivity contribution is 0.503. The van der Waals surface area contributed by atoms with E-state index in [2.05, 4.69) is 9.71 Å². The van der Waals surface area contributed by atoms with Crippen LogP contribution in [0, 0.1) is 5.41 Å². The number of aryl methyl sites for hydroxylation is 1. The molecule has 0 fully saturated rings. The van der Waals surface area contributed by atoms with Crippen LogP contribution in [0.2, 0.25) is 0 Å². The Balaban J connectivity index is 3.06. The number of nitrogens with zero attached hydrogens (tertiary/aromatic N) is 2. The molecule has 1 unspecified atom stereocenters. The van der Waals surface area contributed by atoms with Gasteiger partial charge in [0.2, 0.25) is 0 Å². The number of amidine groups is 1. The highest BCUT2D eigenvalue weighted by Crippen LogP contribution is 2.14. The van der Waals surface area contributed by atoms with Crippen LogP contribution in [-0.4, -0.2) is 29.3 Å². The van der Waals surface area contributed by atoms with E-state index in [1.165, 1.54) is 17.1 Å². The molecule has 0 saturated heterocycles. The predicted octanol–water partition coefficient (Wildman–Crippen LogP) is -0.197. The smallest absolute Gasteiger partial charge is 0.260 e. The van der Waals surface area contributed by atoms with Crippen molar-refractivity contribution >= 4 is 15.9 Å². The Hall–Kier alpha value is -1.41. The van der Waals surface area contributed by atoms with Gasteiger partial charge in [0.25, 0.3) is 10.0 Å².